The first kappa shape index (κ1) is 16.5. The highest BCUT2D eigenvalue weighted by Crippen LogP contribution is 2.43. The SMILES string of the molecule is CC(=O)N1c2c(c(C)cc(C)c2NC(=O)C(C)(C)C)CC1C. The summed E-state index contributed by atoms with van der Waals surface area (Å²) in [5, 5.41) is 3.05. The van der Waals surface area contributed by atoms with Crippen LogP contribution in [0.1, 0.15) is 51.3 Å². The van der Waals surface area contributed by atoms with Crippen molar-refractivity contribution in [2.24, 2.45) is 5.41 Å². The number of hydrogen-bond acceptors (Lipinski definition) is 2. The molecular formula is C18H26N2O2. The standard InChI is InChI=1S/C18H26N2O2/c1-10-8-11(2)15(19-17(22)18(5,6)7)16-14(10)9-12(3)20(16)13(4)21/h8,12H,9H2,1-7H3,(H,19,22). The van der Waals surface area contributed by atoms with E-state index in [-0.39, 0.29) is 17.9 Å². The van der Waals surface area contributed by atoms with Crippen LogP contribution in [0.2, 0.25) is 0 Å². The highest BCUT2D eigenvalue weighted by Gasteiger charge is 2.34. The summed E-state index contributed by atoms with van der Waals surface area (Å²) < 4.78 is 0. The van der Waals surface area contributed by atoms with Gasteiger partial charge in [0, 0.05) is 18.4 Å². The van der Waals surface area contributed by atoms with Crippen LogP contribution in [0.5, 0.6) is 0 Å². The lowest BCUT2D eigenvalue weighted by molar-refractivity contribution is -0.123. The molecule has 1 atom stereocenters. The second kappa shape index (κ2) is 5.41. The first-order chi connectivity index (χ1) is 10.0. The maximum absolute atomic E-state index is 12.4. The Balaban J connectivity index is 2.59. The summed E-state index contributed by atoms with van der Waals surface area (Å²) in [6.07, 6.45) is 0.833. The van der Waals surface area contributed by atoms with Gasteiger partial charge in [-0.05, 0) is 43.9 Å². The summed E-state index contributed by atoms with van der Waals surface area (Å²) in [5.74, 6) is -0.0211. The molecule has 0 aromatic heterocycles. The first-order valence-corrected chi connectivity index (χ1v) is 7.78. The third-order valence-electron chi connectivity index (χ3n) is 4.27. The van der Waals surface area contributed by atoms with Crippen LogP contribution >= 0.6 is 0 Å². The number of carbonyl (C=O) groups is 2. The molecule has 0 aliphatic carbocycles. The van der Waals surface area contributed by atoms with E-state index in [1.165, 1.54) is 5.56 Å². The van der Waals surface area contributed by atoms with Crippen LogP contribution < -0.4 is 10.2 Å². The lowest BCUT2D eigenvalue weighted by Gasteiger charge is -2.26. The van der Waals surface area contributed by atoms with Crippen LogP contribution in [-0.4, -0.2) is 17.9 Å². The Kier molecular flexibility index (Phi) is 4.07. The van der Waals surface area contributed by atoms with E-state index in [2.05, 4.69) is 18.3 Å². The van der Waals surface area contributed by atoms with Gasteiger partial charge >= 0.3 is 0 Å². The molecule has 2 amide bonds. The van der Waals surface area contributed by atoms with Gasteiger partial charge in [-0.15, -0.1) is 0 Å². The second-order valence-electron chi connectivity index (χ2n) is 7.36. The third-order valence-corrected chi connectivity index (χ3v) is 4.27. The van der Waals surface area contributed by atoms with Gasteiger partial charge in [-0.25, -0.2) is 0 Å². The molecule has 1 aromatic carbocycles. The Morgan fingerprint density at radius 1 is 1.23 bits per heavy atom. The fourth-order valence-corrected chi connectivity index (χ4v) is 3.07. The Bertz CT molecular complexity index is 641. The summed E-state index contributed by atoms with van der Waals surface area (Å²) in [4.78, 5) is 26.3. The predicted octanol–water partition coefficient (Wildman–Crippen LogP) is 3.59. The van der Waals surface area contributed by atoms with Crippen molar-refractivity contribution in [3.63, 3.8) is 0 Å². The maximum atomic E-state index is 12.4. The van der Waals surface area contributed by atoms with E-state index in [9.17, 15) is 9.59 Å². The minimum atomic E-state index is -0.477. The molecule has 1 heterocycles. The molecule has 1 aliphatic rings. The zero-order chi connectivity index (χ0) is 16.8. The van der Waals surface area contributed by atoms with E-state index in [0.717, 1.165) is 28.9 Å². The third kappa shape index (κ3) is 2.74. The molecule has 120 valence electrons. The van der Waals surface area contributed by atoms with Gasteiger partial charge in [-0.3, -0.25) is 9.59 Å². The molecule has 4 heteroatoms. The van der Waals surface area contributed by atoms with E-state index in [0.29, 0.717) is 0 Å². The van der Waals surface area contributed by atoms with Crippen molar-refractivity contribution in [1.82, 2.24) is 0 Å². The van der Waals surface area contributed by atoms with Crippen LogP contribution in [0.3, 0.4) is 0 Å². The molecule has 1 aliphatic heterocycles. The predicted molar refractivity (Wildman–Crippen MR) is 90.3 cm³/mol. The van der Waals surface area contributed by atoms with Crippen molar-refractivity contribution in [3.05, 3.63) is 22.8 Å². The number of amides is 2. The van der Waals surface area contributed by atoms with E-state index in [1.54, 1.807) is 6.92 Å². The van der Waals surface area contributed by atoms with Crippen LogP contribution in [0.4, 0.5) is 11.4 Å². The molecule has 2 rings (SSSR count). The van der Waals surface area contributed by atoms with Crippen molar-refractivity contribution in [3.8, 4) is 0 Å². The van der Waals surface area contributed by atoms with Gasteiger partial charge in [0.2, 0.25) is 11.8 Å². The van der Waals surface area contributed by atoms with Gasteiger partial charge < -0.3 is 10.2 Å². The van der Waals surface area contributed by atoms with Crippen molar-refractivity contribution in [2.45, 2.75) is 60.9 Å². The largest absolute Gasteiger partial charge is 0.324 e. The Morgan fingerprint density at radius 3 is 2.32 bits per heavy atom. The van der Waals surface area contributed by atoms with E-state index in [1.807, 2.05) is 39.5 Å². The molecule has 0 saturated heterocycles. The van der Waals surface area contributed by atoms with Gasteiger partial charge in [0.05, 0.1) is 11.4 Å². The molecule has 4 nitrogen and oxygen atoms in total. The van der Waals surface area contributed by atoms with Gasteiger partial charge in [-0.1, -0.05) is 26.8 Å². The van der Waals surface area contributed by atoms with Crippen LogP contribution in [0, 0.1) is 19.3 Å². The molecule has 1 aromatic rings. The number of nitrogens with zero attached hydrogens (tertiary/aromatic N) is 1. The number of hydrogen-bond donors (Lipinski definition) is 1. The number of benzene rings is 1. The lowest BCUT2D eigenvalue weighted by atomic mass is 9.94. The molecular weight excluding hydrogens is 276 g/mol. The summed E-state index contributed by atoms with van der Waals surface area (Å²) >= 11 is 0. The number of rotatable bonds is 1. The Hall–Kier alpha value is -1.84. The maximum Gasteiger partial charge on any atom is 0.229 e. The van der Waals surface area contributed by atoms with Gasteiger partial charge in [-0.2, -0.15) is 0 Å². The van der Waals surface area contributed by atoms with E-state index >= 15 is 0 Å². The quantitative estimate of drug-likeness (QED) is 0.862. The molecule has 0 spiro atoms. The summed E-state index contributed by atoms with van der Waals surface area (Å²) in [5.41, 5.74) is 4.52. The number of carbonyl (C=O) groups excluding carboxylic acids is 2. The van der Waals surface area contributed by atoms with Gasteiger partial charge in [0.1, 0.15) is 0 Å². The molecule has 0 fully saturated rings. The van der Waals surface area contributed by atoms with E-state index < -0.39 is 5.41 Å². The zero-order valence-corrected chi connectivity index (χ0v) is 14.6. The Morgan fingerprint density at radius 2 is 1.82 bits per heavy atom. The number of fused-ring (bicyclic) bond motifs is 1. The van der Waals surface area contributed by atoms with Gasteiger partial charge in [0.25, 0.3) is 0 Å². The Labute approximate surface area is 132 Å². The highest BCUT2D eigenvalue weighted by molar-refractivity contribution is 6.05. The van der Waals surface area contributed by atoms with Crippen molar-refractivity contribution >= 4 is 23.2 Å². The molecule has 22 heavy (non-hydrogen) atoms. The summed E-state index contributed by atoms with van der Waals surface area (Å²) in [6, 6.07) is 2.21. The van der Waals surface area contributed by atoms with Crippen LogP contribution in [0.25, 0.3) is 0 Å². The average molecular weight is 302 g/mol. The second-order valence-corrected chi connectivity index (χ2v) is 7.36. The highest BCUT2D eigenvalue weighted by atomic mass is 16.2. The normalized spacial score (nSPS) is 17.4. The molecule has 0 radical (unpaired) electrons. The smallest absolute Gasteiger partial charge is 0.229 e. The van der Waals surface area contributed by atoms with Crippen LogP contribution in [-0.2, 0) is 16.0 Å². The average Bonchev–Trinajstić information content (AvgIpc) is 2.70. The minimum Gasteiger partial charge on any atom is -0.324 e. The fraction of sp³-hybridized carbons (Fsp3) is 0.556. The first-order valence-electron chi connectivity index (χ1n) is 7.78. The number of aryl methyl sites for hydroxylation is 2. The number of nitrogens with one attached hydrogen (secondary N) is 1. The topological polar surface area (TPSA) is 49.4 Å². The monoisotopic (exact) mass is 302 g/mol. The number of anilines is 2. The minimum absolute atomic E-state index is 0.0162. The summed E-state index contributed by atoms with van der Waals surface area (Å²) in [7, 11) is 0. The van der Waals surface area contributed by atoms with Crippen LogP contribution in [0.15, 0.2) is 6.07 Å². The summed E-state index contributed by atoms with van der Waals surface area (Å²) in [6.45, 7) is 13.3. The molecule has 0 saturated carbocycles. The molecule has 0 bridgehead atoms. The van der Waals surface area contributed by atoms with Crippen molar-refractivity contribution in [1.29, 1.82) is 0 Å². The fourth-order valence-electron chi connectivity index (χ4n) is 3.07. The molecule has 1 N–H and O–H groups in total. The van der Waals surface area contributed by atoms with E-state index in [4.69, 9.17) is 0 Å². The lowest BCUT2D eigenvalue weighted by Crippen LogP contribution is -2.35. The van der Waals surface area contributed by atoms with Crippen molar-refractivity contribution in [2.75, 3.05) is 10.2 Å². The zero-order valence-electron chi connectivity index (χ0n) is 14.6. The van der Waals surface area contributed by atoms with Gasteiger partial charge in [0.15, 0.2) is 0 Å². The van der Waals surface area contributed by atoms with Crippen molar-refractivity contribution < 1.29 is 9.59 Å². The molecule has 1 unspecified atom stereocenters.